The lowest BCUT2D eigenvalue weighted by Crippen LogP contribution is -2.25. The van der Waals surface area contributed by atoms with Crippen LogP contribution in [0.2, 0.25) is 0 Å². The molecular formula is C13H14BrNOS2. The molecule has 1 amide bonds. The van der Waals surface area contributed by atoms with E-state index in [9.17, 15) is 4.79 Å². The molecule has 0 aliphatic heterocycles. The van der Waals surface area contributed by atoms with E-state index < -0.39 is 0 Å². The second kappa shape index (κ2) is 5.55. The summed E-state index contributed by atoms with van der Waals surface area (Å²) in [6, 6.07) is 4.03. The predicted octanol–water partition coefficient (Wildman–Crippen LogP) is 4.46. The first kappa shape index (κ1) is 13.8. The Balaban J connectivity index is 2.09. The van der Waals surface area contributed by atoms with Gasteiger partial charge in [0.25, 0.3) is 5.91 Å². The van der Waals surface area contributed by atoms with Crippen LogP contribution in [0.25, 0.3) is 0 Å². The van der Waals surface area contributed by atoms with Crippen LogP contribution in [0.1, 0.15) is 25.7 Å². The van der Waals surface area contributed by atoms with Crippen LogP contribution < -0.4 is 0 Å². The van der Waals surface area contributed by atoms with Crippen molar-refractivity contribution in [2.75, 3.05) is 7.05 Å². The van der Waals surface area contributed by atoms with E-state index in [1.54, 1.807) is 27.6 Å². The summed E-state index contributed by atoms with van der Waals surface area (Å²) < 4.78 is 1.10. The summed E-state index contributed by atoms with van der Waals surface area (Å²) in [7, 11) is 1.85. The number of hydrogen-bond donors (Lipinski definition) is 0. The Kier molecular flexibility index (Phi) is 4.25. The third kappa shape index (κ3) is 3.02. The van der Waals surface area contributed by atoms with Gasteiger partial charge >= 0.3 is 0 Å². The van der Waals surface area contributed by atoms with Gasteiger partial charge in [0, 0.05) is 18.5 Å². The van der Waals surface area contributed by atoms with Crippen molar-refractivity contribution in [3.05, 3.63) is 42.2 Å². The van der Waals surface area contributed by atoms with Gasteiger partial charge < -0.3 is 4.90 Å². The number of rotatable bonds is 3. The molecule has 96 valence electrons. The summed E-state index contributed by atoms with van der Waals surface area (Å²) in [5.41, 5.74) is 2.35. The van der Waals surface area contributed by atoms with E-state index in [1.165, 1.54) is 10.4 Å². The zero-order valence-electron chi connectivity index (χ0n) is 10.5. The molecule has 0 saturated carbocycles. The fraction of sp³-hybridized carbons (Fsp3) is 0.308. The Bertz CT molecular complexity index is 554. The highest BCUT2D eigenvalue weighted by molar-refractivity contribution is 9.11. The molecular weight excluding hydrogens is 330 g/mol. The fourth-order valence-corrected chi connectivity index (χ4v) is 3.87. The van der Waals surface area contributed by atoms with Gasteiger partial charge in [-0.2, -0.15) is 0 Å². The summed E-state index contributed by atoms with van der Waals surface area (Å²) in [5, 5.41) is 2.07. The lowest BCUT2D eigenvalue weighted by Gasteiger charge is -2.15. The van der Waals surface area contributed by atoms with Crippen LogP contribution in [-0.4, -0.2) is 17.9 Å². The predicted molar refractivity (Wildman–Crippen MR) is 81.6 cm³/mol. The standard InChI is InChI=1S/C13H14BrNOS2/c1-8-4-11(18-9(8)2)13(16)15(3)6-10-5-12(14)17-7-10/h4-5,7H,6H2,1-3H3. The number of halogens is 1. The first-order valence-corrected chi connectivity index (χ1v) is 8.01. The normalized spacial score (nSPS) is 10.7. The van der Waals surface area contributed by atoms with Crippen molar-refractivity contribution in [1.29, 1.82) is 0 Å². The second-order valence-corrected chi connectivity index (χ2v) is 7.82. The van der Waals surface area contributed by atoms with Gasteiger partial charge in [-0.3, -0.25) is 4.79 Å². The average Bonchev–Trinajstić information content (AvgIpc) is 2.85. The van der Waals surface area contributed by atoms with Gasteiger partial charge in [0.1, 0.15) is 0 Å². The first-order chi connectivity index (χ1) is 8.47. The zero-order valence-corrected chi connectivity index (χ0v) is 13.7. The van der Waals surface area contributed by atoms with Crippen LogP contribution in [-0.2, 0) is 6.54 Å². The van der Waals surface area contributed by atoms with Gasteiger partial charge in [0.15, 0.2) is 0 Å². The van der Waals surface area contributed by atoms with Crippen molar-refractivity contribution in [3.8, 4) is 0 Å². The van der Waals surface area contributed by atoms with Crippen molar-refractivity contribution in [2.45, 2.75) is 20.4 Å². The Labute approximate surface area is 123 Å². The maximum atomic E-state index is 12.2. The van der Waals surface area contributed by atoms with Gasteiger partial charge in [0.05, 0.1) is 8.66 Å². The van der Waals surface area contributed by atoms with Gasteiger partial charge in [-0.25, -0.2) is 0 Å². The Morgan fingerprint density at radius 3 is 2.61 bits per heavy atom. The van der Waals surface area contributed by atoms with Crippen molar-refractivity contribution < 1.29 is 4.79 Å². The minimum absolute atomic E-state index is 0.0959. The highest BCUT2D eigenvalue weighted by Crippen LogP contribution is 2.24. The van der Waals surface area contributed by atoms with E-state index in [-0.39, 0.29) is 5.91 Å². The van der Waals surface area contributed by atoms with Crippen molar-refractivity contribution in [1.82, 2.24) is 4.90 Å². The molecule has 0 unspecified atom stereocenters. The molecule has 0 fully saturated rings. The highest BCUT2D eigenvalue weighted by atomic mass is 79.9. The van der Waals surface area contributed by atoms with Crippen molar-refractivity contribution in [2.24, 2.45) is 0 Å². The number of amides is 1. The summed E-state index contributed by atoms with van der Waals surface area (Å²) in [6.45, 7) is 4.74. The average molecular weight is 344 g/mol. The zero-order chi connectivity index (χ0) is 13.3. The summed E-state index contributed by atoms with van der Waals surface area (Å²) in [4.78, 5) is 16.0. The molecule has 2 aromatic heterocycles. The minimum Gasteiger partial charge on any atom is -0.337 e. The van der Waals surface area contributed by atoms with Crippen LogP contribution in [0, 0.1) is 13.8 Å². The molecule has 0 bridgehead atoms. The fourth-order valence-electron chi connectivity index (χ4n) is 1.64. The summed E-state index contributed by atoms with van der Waals surface area (Å²) in [6.07, 6.45) is 0. The molecule has 0 aromatic carbocycles. The number of carbonyl (C=O) groups excluding carboxylic acids is 1. The maximum Gasteiger partial charge on any atom is 0.263 e. The van der Waals surface area contributed by atoms with Crippen LogP contribution >= 0.6 is 38.6 Å². The van der Waals surface area contributed by atoms with Crippen LogP contribution in [0.5, 0.6) is 0 Å². The van der Waals surface area contributed by atoms with E-state index in [2.05, 4.69) is 27.4 Å². The quantitative estimate of drug-likeness (QED) is 0.805. The Morgan fingerprint density at radius 2 is 2.11 bits per heavy atom. The van der Waals surface area contributed by atoms with E-state index >= 15 is 0 Å². The van der Waals surface area contributed by atoms with Crippen LogP contribution in [0.4, 0.5) is 0 Å². The molecule has 2 heterocycles. The van der Waals surface area contributed by atoms with E-state index in [0.29, 0.717) is 6.54 Å². The highest BCUT2D eigenvalue weighted by Gasteiger charge is 2.15. The smallest absolute Gasteiger partial charge is 0.263 e. The lowest BCUT2D eigenvalue weighted by molar-refractivity contribution is 0.0790. The van der Waals surface area contributed by atoms with Crippen molar-refractivity contribution in [3.63, 3.8) is 0 Å². The number of carbonyl (C=O) groups is 1. The van der Waals surface area contributed by atoms with Crippen LogP contribution in [0.3, 0.4) is 0 Å². The van der Waals surface area contributed by atoms with Gasteiger partial charge in [0.2, 0.25) is 0 Å². The van der Waals surface area contributed by atoms with Gasteiger partial charge in [-0.1, -0.05) is 0 Å². The summed E-state index contributed by atoms with van der Waals surface area (Å²) in [5.74, 6) is 0.0959. The molecule has 2 nitrogen and oxygen atoms in total. The van der Waals surface area contributed by atoms with Crippen LogP contribution in [0.15, 0.2) is 21.3 Å². The van der Waals surface area contributed by atoms with Crippen molar-refractivity contribution >= 4 is 44.5 Å². The molecule has 0 atom stereocenters. The molecule has 0 aliphatic rings. The largest absolute Gasteiger partial charge is 0.337 e. The second-order valence-electron chi connectivity index (χ2n) is 4.27. The molecule has 2 rings (SSSR count). The molecule has 0 saturated heterocycles. The number of aryl methyl sites for hydroxylation is 2. The lowest BCUT2D eigenvalue weighted by atomic mass is 10.2. The monoisotopic (exact) mass is 343 g/mol. The van der Waals surface area contributed by atoms with Gasteiger partial charge in [-0.15, -0.1) is 22.7 Å². The molecule has 0 radical (unpaired) electrons. The number of hydrogen-bond acceptors (Lipinski definition) is 3. The Morgan fingerprint density at radius 1 is 1.39 bits per heavy atom. The third-order valence-electron chi connectivity index (χ3n) is 2.76. The Hall–Kier alpha value is -0.650. The topological polar surface area (TPSA) is 20.3 Å². The molecule has 0 spiro atoms. The van der Waals surface area contributed by atoms with E-state index in [1.807, 2.05) is 27.0 Å². The molecule has 0 N–H and O–H groups in total. The first-order valence-electron chi connectivity index (χ1n) is 5.53. The molecule has 5 heteroatoms. The minimum atomic E-state index is 0.0959. The molecule has 0 aliphatic carbocycles. The number of thiophene rings is 2. The maximum absolute atomic E-state index is 12.2. The third-order valence-corrected chi connectivity index (χ3v) is 5.46. The molecule has 18 heavy (non-hydrogen) atoms. The molecule has 2 aromatic rings. The SMILES string of the molecule is Cc1cc(C(=O)N(C)Cc2csc(Br)c2)sc1C. The van der Waals surface area contributed by atoms with E-state index in [0.717, 1.165) is 14.2 Å². The van der Waals surface area contributed by atoms with E-state index in [4.69, 9.17) is 0 Å². The summed E-state index contributed by atoms with van der Waals surface area (Å²) >= 11 is 6.64. The number of nitrogens with zero attached hydrogens (tertiary/aromatic N) is 1. The van der Waals surface area contributed by atoms with Gasteiger partial charge in [-0.05, 0) is 58.4 Å².